The lowest BCUT2D eigenvalue weighted by Crippen LogP contribution is -2.42. The Morgan fingerprint density at radius 1 is 1.08 bits per heavy atom. The van der Waals surface area contributed by atoms with Crippen molar-refractivity contribution >= 4 is 33.2 Å². The topological polar surface area (TPSA) is 95.6 Å². The largest absolute Gasteiger partial charge is 0.326 e. The second kappa shape index (κ2) is 8.64. The van der Waals surface area contributed by atoms with Crippen molar-refractivity contribution in [3.63, 3.8) is 0 Å². The molecule has 0 radical (unpaired) electrons. The van der Waals surface area contributed by atoms with E-state index in [2.05, 4.69) is 10.6 Å². The Morgan fingerprint density at radius 2 is 1.58 bits per heavy atom. The average molecular weight is 381 g/mol. The lowest BCUT2D eigenvalue weighted by Gasteiger charge is -2.30. The average Bonchev–Trinajstić information content (AvgIpc) is 2.63. The summed E-state index contributed by atoms with van der Waals surface area (Å²) in [6.45, 7) is 6.03. The Morgan fingerprint density at radius 3 is 2.04 bits per heavy atom. The van der Waals surface area contributed by atoms with Gasteiger partial charge < -0.3 is 10.6 Å². The molecular formula is C18H27N3O4S. The van der Waals surface area contributed by atoms with Crippen LogP contribution < -0.4 is 10.6 Å². The molecule has 1 aromatic carbocycles. The summed E-state index contributed by atoms with van der Waals surface area (Å²) in [6.07, 6.45) is 1.04. The van der Waals surface area contributed by atoms with Crippen LogP contribution in [0.1, 0.15) is 33.6 Å². The fourth-order valence-electron chi connectivity index (χ4n) is 2.75. The number of piperidine rings is 1. The molecule has 1 aliphatic rings. The molecule has 0 unspecified atom stereocenters. The molecule has 2 amide bonds. The van der Waals surface area contributed by atoms with Crippen molar-refractivity contribution in [1.82, 2.24) is 4.31 Å². The maximum absolute atomic E-state index is 12.4. The van der Waals surface area contributed by atoms with Gasteiger partial charge in [-0.3, -0.25) is 9.59 Å². The molecule has 0 spiro atoms. The number of benzene rings is 1. The van der Waals surface area contributed by atoms with E-state index in [9.17, 15) is 18.0 Å². The van der Waals surface area contributed by atoms with Crippen LogP contribution in [-0.4, -0.2) is 43.4 Å². The minimum absolute atomic E-state index is 0.0597. The van der Waals surface area contributed by atoms with Gasteiger partial charge in [-0.05, 0) is 44.0 Å². The monoisotopic (exact) mass is 381 g/mol. The molecule has 8 heteroatoms. The minimum Gasteiger partial charge on any atom is -0.326 e. The molecule has 2 rings (SSSR count). The van der Waals surface area contributed by atoms with Gasteiger partial charge in [-0.25, -0.2) is 12.7 Å². The van der Waals surface area contributed by atoms with Crippen molar-refractivity contribution in [2.45, 2.75) is 33.6 Å². The first-order chi connectivity index (χ1) is 12.2. The number of anilines is 2. The Balaban J connectivity index is 1.88. The van der Waals surface area contributed by atoms with Gasteiger partial charge in [0.15, 0.2) is 0 Å². The van der Waals surface area contributed by atoms with Gasteiger partial charge in [0.2, 0.25) is 21.8 Å². The maximum Gasteiger partial charge on any atom is 0.227 e. The van der Waals surface area contributed by atoms with Gasteiger partial charge >= 0.3 is 0 Å². The van der Waals surface area contributed by atoms with Crippen LogP contribution in [0.3, 0.4) is 0 Å². The fraction of sp³-hybridized carbons (Fsp3) is 0.556. The van der Waals surface area contributed by atoms with E-state index in [0.29, 0.717) is 37.3 Å². The highest BCUT2D eigenvalue weighted by atomic mass is 32.2. The molecule has 0 saturated carbocycles. The Bertz CT molecular complexity index is 736. The number of hydrogen-bond donors (Lipinski definition) is 2. The first-order valence-electron chi connectivity index (χ1n) is 8.92. The molecule has 1 fully saturated rings. The smallest absolute Gasteiger partial charge is 0.227 e. The number of amides is 2. The Hall–Kier alpha value is -1.93. The van der Waals surface area contributed by atoms with Crippen LogP contribution in [0.5, 0.6) is 0 Å². The van der Waals surface area contributed by atoms with Gasteiger partial charge in [0.05, 0.1) is 5.75 Å². The SMILES string of the molecule is CCS(=O)(=O)N1CCC(C(=O)Nc2ccc(NC(=O)C(C)C)cc2)CC1. The van der Waals surface area contributed by atoms with Crippen molar-refractivity contribution in [2.24, 2.45) is 11.8 Å². The van der Waals surface area contributed by atoms with Crippen LogP contribution in [-0.2, 0) is 19.6 Å². The van der Waals surface area contributed by atoms with Crippen LogP contribution in [0, 0.1) is 11.8 Å². The predicted molar refractivity (Wildman–Crippen MR) is 102 cm³/mol. The number of sulfonamides is 1. The van der Waals surface area contributed by atoms with E-state index >= 15 is 0 Å². The number of rotatable bonds is 6. The zero-order chi connectivity index (χ0) is 19.3. The third kappa shape index (κ3) is 5.28. The molecule has 26 heavy (non-hydrogen) atoms. The van der Waals surface area contributed by atoms with Crippen LogP contribution in [0.15, 0.2) is 24.3 Å². The molecular weight excluding hydrogens is 354 g/mol. The van der Waals surface area contributed by atoms with Crippen molar-refractivity contribution in [1.29, 1.82) is 0 Å². The van der Waals surface area contributed by atoms with Gasteiger partial charge in [0, 0.05) is 36.3 Å². The first kappa shape index (κ1) is 20.4. The maximum atomic E-state index is 12.4. The van der Waals surface area contributed by atoms with Crippen LogP contribution in [0.25, 0.3) is 0 Å². The van der Waals surface area contributed by atoms with E-state index < -0.39 is 10.0 Å². The highest BCUT2D eigenvalue weighted by molar-refractivity contribution is 7.89. The van der Waals surface area contributed by atoms with Gasteiger partial charge in [-0.1, -0.05) is 13.8 Å². The first-order valence-corrected chi connectivity index (χ1v) is 10.5. The fourth-order valence-corrected chi connectivity index (χ4v) is 3.88. The Kier molecular flexibility index (Phi) is 6.77. The van der Waals surface area contributed by atoms with Crippen LogP contribution in [0.4, 0.5) is 11.4 Å². The van der Waals surface area contributed by atoms with E-state index in [-0.39, 0.29) is 29.4 Å². The normalized spacial score (nSPS) is 16.5. The minimum atomic E-state index is -3.18. The summed E-state index contributed by atoms with van der Waals surface area (Å²) in [5.74, 6) is -0.368. The molecule has 1 saturated heterocycles. The molecule has 1 aromatic rings. The highest BCUT2D eigenvalue weighted by Crippen LogP contribution is 2.22. The molecule has 7 nitrogen and oxygen atoms in total. The summed E-state index contributed by atoms with van der Waals surface area (Å²) in [4.78, 5) is 24.1. The summed E-state index contributed by atoms with van der Waals surface area (Å²) >= 11 is 0. The lowest BCUT2D eigenvalue weighted by molar-refractivity contribution is -0.121. The summed E-state index contributed by atoms with van der Waals surface area (Å²) < 4.78 is 25.2. The zero-order valence-corrected chi connectivity index (χ0v) is 16.3. The molecule has 2 N–H and O–H groups in total. The molecule has 1 heterocycles. The number of nitrogens with zero attached hydrogens (tertiary/aromatic N) is 1. The number of nitrogens with one attached hydrogen (secondary N) is 2. The zero-order valence-electron chi connectivity index (χ0n) is 15.5. The molecule has 0 aliphatic carbocycles. The van der Waals surface area contributed by atoms with Crippen molar-refractivity contribution in [3.05, 3.63) is 24.3 Å². The summed E-state index contributed by atoms with van der Waals surface area (Å²) in [6, 6.07) is 6.97. The molecule has 0 bridgehead atoms. The predicted octanol–water partition coefficient (Wildman–Crippen LogP) is 2.28. The van der Waals surface area contributed by atoms with Crippen molar-refractivity contribution < 1.29 is 18.0 Å². The van der Waals surface area contributed by atoms with E-state index in [1.54, 1.807) is 31.2 Å². The van der Waals surface area contributed by atoms with Gasteiger partial charge in [-0.2, -0.15) is 0 Å². The second-order valence-corrected chi connectivity index (χ2v) is 9.04. The summed E-state index contributed by atoms with van der Waals surface area (Å²) in [5.41, 5.74) is 1.33. The lowest BCUT2D eigenvalue weighted by atomic mass is 9.97. The summed E-state index contributed by atoms with van der Waals surface area (Å²) in [5, 5.41) is 5.66. The van der Waals surface area contributed by atoms with E-state index in [0.717, 1.165) is 0 Å². The Labute approximate surface area is 155 Å². The molecule has 0 aromatic heterocycles. The van der Waals surface area contributed by atoms with E-state index in [1.807, 2.05) is 13.8 Å². The third-order valence-electron chi connectivity index (χ3n) is 4.53. The van der Waals surface area contributed by atoms with Crippen molar-refractivity contribution in [2.75, 3.05) is 29.5 Å². The van der Waals surface area contributed by atoms with Gasteiger partial charge in [0.1, 0.15) is 0 Å². The third-order valence-corrected chi connectivity index (χ3v) is 6.41. The number of carbonyl (C=O) groups is 2. The van der Waals surface area contributed by atoms with Crippen molar-refractivity contribution in [3.8, 4) is 0 Å². The van der Waals surface area contributed by atoms with Gasteiger partial charge in [-0.15, -0.1) is 0 Å². The standard InChI is InChI=1S/C18H27N3O4S/c1-4-26(24,25)21-11-9-14(10-12-21)18(23)20-16-7-5-15(6-8-16)19-17(22)13(2)3/h5-8,13-14H,4,9-12H2,1-3H3,(H,19,22)(H,20,23). The highest BCUT2D eigenvalue weighted by Gasteiger charge is 2.30. The molecule has 0 atom stereocenters. The number of hydrogen-bond acceptors (Lipinski definition) is 4. The molecule has 1 aliphatic heterocycles. The van der Waals surface area contributed by atoms with Crippen LogP contribution >= 0.6 is 0 Å². The van der Waals surface area contributed by atoms with Gasteiger partial charge in [0.25, 0.3) is 0 Å². The van der Waals surface area contributed by atoms with E-state index in [1.165, 1.54) is 4.31 Å². The quantitative estimate of drug-likeness (QED) is 0.790. The van der Waals surface area contributed by atoms with E-state index in [4.69, 9.17) is 0 Å². The second-order valence-electron chi connectivity index (χ2n) is 6.78. The van der Waals surface area contributed by atoms with Crippen LogP contribution in [0.2, 0.25) is 0 Å². The molecule has 144 valence electrons. The number of carbonyl (C=O) groups excluding carboxylic acids is 2. The summed E-state index contributed by atoms with van der Waals surface area (Å²) in [7, 11) is -3.18.